The number of rotatable bonds is 5. The zero-order valence-corrected chi connectivity index (χ0v) is 12.0. The maximum Gasteiger partial charge on any atom is 0.0583 e. The van der Waals surface area contributed by atoms with E-state index in [4.69, 9.17) is 4.74 Å². The first kappa shape index (κ1) is 14.3. The molecule has 2 rings (SSSR count). The van der Waals surface area contributed by atoms with Crippen LogP contribution in [0.1, 0.15) is 51.9 Å². The number of hydrogen-bond acceptors (Lipinski definition) is 3. The van der Waals surface area contributed by atoms with Gasteiger partial charge in [-0.05, 0) is 45.6 Å². The van der Waals surface area contributed by atoms with Crippen molar-refractivity contribution in [1.29, 1.82) is 0 Å². The van der Waals surface area contributed by atoms with Gasteiger partial charge in [0.1, 0.15) is 0 Å². The highest BCUT2D eigenvalue weighted by molar-refractivity contribution is 4.92. The average Bonchev–Trinajstić information content (AvgIpc) is 2.85. The fraction of sp³-hybridized carbons (Fsp3) is 1.00. The summed E-state index contributed by atoms with van der Waals surface area (Å²) < 4.78 is 5.20. The van der Waals surface area contributed by atoms with Crippen LogP contribution < -0.4 is 0 Å². The number of aliphatic hydroxyl groups excluding tert-OH is 1. The van der Waals surface area contributed by atoms with Crippen LogP contribution in [0.25, 0.3) is 0 Å². The first-order chi connectivity index (χ1) is 8.74. The van der Waals surface area contributed by atoms with Gasteiger partial charge in [-0.25, -0.2) is 0 Å². The van der Waals surface area contributed by atoms with Crippen molar-refractivity contribution in [3.63, 3.8) is 0 Å². The number of ether oxygens (including phenoxy) is 1. The van der Waals surface area contributed by atoms with Crippen LogP contribution in [-0.4, -0.2) is 48.5 Å². The molecule has 0 aromatic rings. The van der Waals surface area contributed by atoms with Crippen LogP contribution in [-0.2, 0) is 4.74 Å². The van der Waals surface area contributed by atoms with Gasteiger partial charge in [-0.15, -0.1) is 0 Å². The predicted octanol–water partition coefficient (Wildman–Crippen LogP) is 2.43. The molecule has 0 spiro atoms. The van der Waals surface area contributed by atoms with Gasteiger partial charge in [-0.3, -0.25) is 4.90 Å². The molecule has 1 N–H and O–H groups in total. The fourth-order valence-corrected chi connectivity index (χ4v) is 3.86. The van der Waals surface area contributed by atoms with E-state index in [0.29, 0.717) is 18.0 Å². The summed E-state index contributed by atoms with van der Waals surface area (Å²) in [5.74, 6) is 0.520. The van der Waals surface area contributed by atoms with E-state index in [0.717, 1.165) is 19.4 Å². The summed E-state index contributed by atoms with van der Waals surface area (Å²) in [6.45, 7) is 4.36. The lowest BCUT2D eigenvalue weighted by Crippen LogP contribution is -2.46. The van der Waals surface area contributed by atoms with E-state index in [1.54, 1.807) is 7.11 Å². The SMILES string of the molecule is COCCC(C)N1CCCC1C1CCCCC1O. The normalized spacial score (nSPS) is 35.8. The summed E-state index contributed by atoms with van der Waals surface area (Å²) in [6.07, 6.45) is 8.38. The second kappa shape index (κ2) is 6.88. The molecule has 1 heterocycles. The molecule has 18 heavy (non-hydrogen) atoms. The van der Waals surface area contributed by atoms with Crippen molar-refractivity contribution in [2.75, 3.05) is 20.3 Å². The minimum Gasteiger partial charge on any atom is -0.393 e. The Hall–Kier alpha value is -0.120. The monoisotopic (exact) mass is 255 g/mol. The Morgan fingerprint density at radius 2 is 2.00 bits per heavy atom. The van der Waals surface area contributed by atoms with Crippen molar-refractivity contribution in [3.8, 4) is 0 Å². The second-order valence-electron chi connectivity index (χ2n) is 6.09. The van der Waals surface area contributed by atoms with Crippen molar-refractivity contribution < 1.29 is 9.84 Å². The first-order valence-electron chi connectivity index (χ1n) is 7.66. The third-order valence-corrected chi connectivity index (χ3v) is 4.92. The molecule has 106 valence electrons. The maximum atomic E-state index is 10.3. The highest BCUT2D eigenvalue weighted by Gasteiger charge is 2.38. The average molecular weight is 255 g/mol. The van der Waals surface area contributed by atoms with Crippen LogP contribution in [0.4, 0.5) is 0 Å². The van der Waals surface area contributed by atoms with Crippen molar-refractivity contribution in [2.45, 2.75) is 70.1 Å². The molecule has 4 unspecified atom stereocenters. The van der Waals surface area contributed by atoms with E-state index in [1.807, 2.05) is 0 Å². The quantitative estimate of drug-likeness (QED) is 0.819. The largest absolute Gasteiger partial charge is 0.393 e. The Balaban J connectivity index is 1.93. The van der Waals surface area contributed by atoms with E-state index in [-0.39, 0.29) is 6.10 Å². The molecule has 2 aliphatic rings. The third kappa shape index (κ3) is 3.25. The van der Waals surface area contributed by atoms with E-state index in [9.17, 15) is 5.11 Å². The van der Waals surface area contributed by atoms with Crippen LogP contribution in [0.3, 0.4) is 0 Å². The van der Waals surface area contributed by atoms with Crippen molar-refractivity contribution >= 4 is 0 Å². The number of nitrogens with zero attached hydrogens (tertiary/aromatic N) is 1. The standard InChI is InChI=1S/C15H29NO2/c1-12(9-11-18-2)16-10-5-7-14(16)13-6-3-4-8-15(13)17/h12-15,17H,3-11H2,1-2H3. The number of likely N-dealkylation sites (tertiary alicyclic amines) is 1. The molecule has 0 radical (unpaired) electrons. The number of aliphatic hydroxyl groups is 1. The zero-order chi connectivity index (χ0) is 13.0. The molecule has 3 nitrogen and oxygen atoms in total. The molecule has 1 saturated carbocycles. The molecular formula is C15H29NO2. The number of methoxy groups -OCH3 is 1. The molecule has 4 atom stereocenters. The van der Waals surface area contributed by atoms with E-state index < -0.39 is 0 Å². The first-order valence-corrected chi connectivity index (χ1v) is 7.66. The Labute approximate surface area is 112 Å². The topological polar surface area (TPSA) is 32.7 Å². The highest BCUT2D eigenvalue weighted by Crippen LogP contribution is 2.35. The van der Waals surface area contributed by atoms with Gasteiger partial charge in [0.05, 0.1) is 6.10 Å². The van der Waals surface area contributed by atoms with Gasteiger partial charge in [0.25, 0.3) is 0 Å². The summed E-state index contributed by atoms with van der Waals surface area (Å²) in [5.41, 5.74) is 0. The van der Waals surface area contributed by atoms with Gasteiger partial charge < -0.3 is 9.84 Å². The smallest absolute Gasteiger partial charge is 0.0583 e. The Bertz CT molecular complexity index is 247. The Kier molecular flexibility index (Phi) is 5.46. The van der Waals surface area contributed by atoms with Gasteiger partial charge in [0, 0.05) is 31.7 Å². The molecule has 0 aromatic heterocycles. The van der Waals surface area contributed by atoms with Crippen LogP contribution in [0.15, 0.2) is 0 Å². The Morgan fingerprint density at radius 1 is 1.22 bits per heavy atom. The van der Waals surface area contributed by atoms with Gasteiger partial charge in [-0.1, -0.05) is 12.8 Å². The van der Waals surface area contributed by atoms with Crippen molar-refractivity contribution in [2.24, 2.45) is 5.92 Å². The van der Waals surface area contributed by atoms with Crippen LogP contribution >= 0.6 is 0 Å². The van der Waals surface area contributed by atoms with E-state index in [2.05, 4.69) is 11.8 Å². The lowest BCUT2D eigenvalue weighted by Gasteiger charge is -2.39. The summed E-state index contributed by atoms with van der Waals surface area (Å²) >= 11 is 0. The molecule has 0 amide bonds. The molecule has 2 fully saturated rings. The van der Waals surface area contributed by atoms with Crippen LogP contribution in [0.2, 0.25) is 0 Å². The molecule has 0 aromatic carbocycles. The van der Waals surface area contributed by atoms with Crippen molar-refractivity contribution in [3.05, 3.63) is 0 Å². The molecule has 1 aliphatic carbocycles. The lowest BCUT2D eigenvalue weighted by atomic mass is 9.80. The minimum absolute atomic E-state index is 0.0565. The van der Waals surface area contributed by atoms with Crippen LogP contribution in [0, 0.1) is 5.92 Å². The van der Waals surface area contributed by atoms with Crippen LogP contribution in [0.5, 0.6) is 0 Å². The summed E-state index contributed by atoms with van der Waals surface area (Å²) in [5, 5.41) is 10.3. The van der Waals surface area contributed by atoms with Crippen molar-refractivity contribution in [1.82, 2.24) is 4.90 Å². The minimum atomic E-state index is -0.0565. The molecule has 1 saturated heterocycles. The fourth-order valence-electron chi connectivity index (χ4n) is 3.86. The lowest BCUT2D eigenvalue weighted by molar-refractivity contribution is 0.00858. The van der Waals surface area contributed by atoms with Gasteiger partial charge in [-0.2, -0.15) is 0 Å². The highest BCUT2D eigenvalue weighted by atomic mass is 16.5. The van der Waals surface area contributed by atoms with Gasteiger partial charge in [0.15, 0.2) is 0 Å². The molecule has 0 bridgehead atoms. The second-order valence-corrected chi connectivity index (χ2v) is 6.09. The number of hydrogen-bond donors (Lipinski definition) is 1. The van der Waals surface area contributed by atoms with E-state index in [1.165, 1.54) is 38.6 Å². The zero-order valence-electron chi connectivity index (χ0n) is 12.0. The van der Waals surface area contributed by atoms with E-state index >= 15 is 0 Å². The summed E-state index contributed by atoms with van der Waals surface area (Å²) in [6, 6.07) is 1.21. The molecule has 3 heteroatoms. The Morgan fingerprint density at radius 3 is 2.72 bits per heavy atom. The summed E-state index contributed by atoms with van der Waals surface area (Å²) in [7, 11) is 1.78. The van der Waals surface area contributed by atoms with Gasteiger partial charge >= 0.3 is 0 Å². The maximum absolute atomic E-state index is 10.3. The van der Waals surface area contributed by atoms with Gasteiger partial charge in [0.2, 0.25) is 0 Å². The predicted molar refractivity (Wildman–Crippen MR) is 73.6 cm³/mol. The summed E-state index contributed by atoms with van der Waals surface area (Å²) in [4.78, 5) is 2.64. The molecule has 1 aliphatic heterocycles. The third-order valence-electron chi connectivity index (χ3n) is 4.92. The molecular weight excluding hydrogens is 226 g/mol.